The van der Waals surface area contributed by atoms with Crippen LogP contribution in [0.4, 0.5) is 8.78 Å². The molecule has 5 rings (SSSR count). The number of para-hydroxylation sites is 1. The lowest BCUT2D eigenvalue weighted by molar-refractivity contribution is -0.0522. The molecule has 9 heteroatoms. The maximum Gasteiger partial charge on any atom is 0.387 e. The molecule has 0 spiro atoms. The van der Waals surface area contributed by atoms with Crippen LogP contribution in [0.3, 0.4) is 0 Å². The van der Waals surface area contributed by atoms with Crippen molar-refractivity contribution in [2.75, 3.05) is 6.61 Å². The number of hydrogen-bond acceptors (Lipinski definition) is 5. The Balaban J connectivity index is 1.66. The number of H-pyrrole nitrogens is 1. The van der Waals surface area contributed by atoms with Crippen LogP contribution in [0, 0.1) is 0 Å². The van der Waals surface area contributed by atoms with Gasteiger partial charge in [0.15, 0.2) is 5.65 Å². The second-order valence-electron chi connectivity index (χ2n) is 6.80. The van der Waals surface area contributed by atoms with Crippen LogP contribution in [0.15, 0.2) is 59.8 Å². The van der Waals surface area contributed by atoms with Crippen LogP contribution >= 0.6 is 0 Å². The zero-order chi connectivity index (χ0) is 20.7. The first-order valence-corrected chi connectivity index (χ1v) is 9.31. The Hall–Kier alpha value is -3.59. The molecule has 1 unspecified atom stereocenters. The van der Waals surface area contributed by atoms with Gasteiger partial charge in [0.05, 0.1) is 29.9 Å². The molecule has 0 bridgehead atoms. The molecule has 0 saturated heterocycles. The Labute approximate surface area is 168 Å². The number of aromatic amines is 1. The van der Waals surface area contributed by atoms with Crippen LogP contribution in [0.1, 0.15) is 23.1 Å². The summed E-state index contributed by atoms with van der Waals surface area (Å²) in [6.45, 7) is -2.53. The van der Waals surface area contributed by atoms with E-state index in [1.54, 1.807) is 42.9 Å². The maximum atomic E-state index is 12.9. The van der Waals surface area contributed by atoms with E-state index >= 15 is 0 Å². The van der Waals surface area contributed by atoms with Gasteiger partial charge in [0.2, 0.25) is 5.56 Å². The third kappa shape index (κ3) is 3.22. The van der Waals surface area contributed by atoms with Crippen LogP contribution in [-0.4, -0.2) is 32.6 Å². The fraction of sp³-hybridized carbons (Fsp3) is 0.190. The molecule has 1 atom stereocenters. The summed E-state index contributed by atoms with van der Waals surface area (Å²) in [5.41, 5.74) is 3.84. The number of hydrogen-bond donors (Lipinski definition) is 1. The number of pyridine rings is 1. The van der Waals surface area contributed by atoms with Crippen molar-refractivity contribution >= 4 is 5.65 Å². The van der Waals surface area contributed by atoms with Crippen molar-refractivity contribution in [3.05, 3.63) is 82.3 Å². The summed E-state index contributed by atoms with van der Waals surface area (Å²) in [5.74, 6) is 0.0650. The summed E-state index contributed by atoms with van der Waals surface area (Å²) in [6.07, 6.45) is 4.99. The van der Waals surface area contributed by atoms with E-state index in [-0.39, 0.29) is 11.3 Å². The molecule has 1 aliphatic heterocycles. The molecule has 1 aliphatic rings. The summed E-state index contributed by atoms with van der Waals surface area (Å²) >= 11 is 0. The number of nitrogens with one attached hydrogen (secondary N) is 1. The largest absolute Gasteiger partial charge is 0.434 e. The molecular formula is C21H16F2N4O3. The standard InChI is InChI=1S/C21H16F2N4O3/c22-21(23)30-16-4-2-1-3-13(16)20-19-14(7-8-29-20)26-17-10-24-15(11-27(17)19)12-5-6-18(28)25-9-12/h1-6,9-11,20-21H,7-8H2,(H,25,28). The van der Waals surface area contributed by atoms with Crippen LogP contribution in [0.25, 0.3) is 16.9 Å². The Bertz CT molecular complexity index is 1260. The summed E-state index contributed by atoms with van der Waals surface area (Å²) in [7, 11) is 0. The van der Waals surface area contributed by atoms with E-state index < -0.39 is 12.7 Å². The molecule has 0 aliphatic carbocycles. The van der Waals surface area contributed by atoms with E-state index in [0.29, 0.717) is 29.9 Å². The lowest BCUT2D eigenvalue weighted by Crippen LogP contribution is -2.20. The maximum absolute atomic E-state index is 12.9. The molecule has 7 nitrogen and oxygen atoms in total. The van der Waals surface area contributed by atoms with Crippen molar-refractivity contribution in [3.63, 3.8) is 0 Å². The number of nitrogens with zero attached hydrogens (tertiary/aromatic N) is 3. The zero-order valence-corrected chi connectivity index (χ0v) is 15.6. The van der Waals surface area contributed by atoms with Gasteiger partial charge in [-0.2, -0.15) is 8.78 Å². The van der Waals surface area contributed by atoms with Gasteiger partial charge in [-0.15, -0.1) is 0 Å². The zero-order valence-electron chi connectivity index (χ0n) is 15.6. The first-order valence-electron chi connectivity index (χ1n) is 9.31. The number of fused-ring (bicyclic) bond motifs is 3. The second-order valence-corrected chi connectivity index (χ2v) is 6.80. The van der Waals surface area contributed by atoms with Crippen molar-refractivity contribution in [2.24, 2.45) is 0 Å². The summed E-state index contributed by atoms with van der Waals surface area (Å²) in [4.78, 5) is 23.1. The highest BCUT2D eigenvalue weighted by Gasteiger charge is 2.30. The molecule has 4 heterocycles. The number of imidazole rings is 1. The molecule has 3 aromatic heterocycles. The van der Waals surface area contributed by atoms with Gasteiger partial charge in [0.25, 0.3) is 0 Å². The van der Waals surface area contributed by atoms with Gasteiger partial charge >= 0.3 is 6.61 Å². The van der Waals surface area contributed by atoms with Gasteiger partial charge in [0.1, 0.15) is 11.9 Å². The number of rotatable bonds is 4. The number of aromatic nitrogens is 4. The summed E-state index contributed by atoms with van der Waals surface area (Å²) < 4.78 is 38.4. The Morgan fingerprint density at radius 2 is 2.10 bits per heavy atom. The second kappa shape index (κ2) is 7.34. The lowest BCUT2D eigenvalue weighted by atomic mass is 10.0. The Morgan fingerprint density at radius 1 is 1.23 bits per heavy atom. The molecule has 0 saturated carbocycles. The van der Waals surface area contributed by atoms with E-state index in [0.717, 1.165) is 17.0 Å². The molecule has 0 amide bonds. The molecule has 30 heavy (non-hydrogen) atoms. The number of benzene rings is 1. The quantitative estimate of drug-likeness (QED) is 0.558. The van der Waals surface area contributed by atoms with Crippen molar-refractivity contribution < 1.29 is 18.3 Å². The van der Waals surface area contributed by atoms with Crippen molar-refractivity contribution in [2.45, 2.75) is 19.1 Å². The highest BCUT2D eigenvalue weighted by molar-refractivity contribution is 5.59. The van der Waals surface area contributed by atoms with Crippen LogP contribution in [0.2, 0.25) is 0 Å². The van der Waals surface area contributed by atoms with Crippen molar-refractivity contribution in [1.29, 1.82) is 0 Å². The third-order valence-electron chi connectivity index (χ3n) is 4.99. The fourth-order valence-corrected chi connectivity index (χ4v) is 3.69. The molecule has 1 aromatic carbocycles. The lowest BCUT2D eigenvalue weighted by Gasteiger charge is -2.25. The van der Waals surface area contributed by atoms with Gasteiger partial charge < -0.3 is 14.5 Å². The summed E-state index contributed by atoms with van der Waals surface area (Å²) in [5, 5.41) is 0. The van der Waals surface area contributed by atoms with E-state index in [2.05, 4.69) is 15.0 Å². The van der Waals surface area contributed by atoms with Gasteiger partial charge in [-0.1, -0.05) is 18.2 Å². The number of alkyl halides is 2. The van der Waals surface area contributed by atoms with Crippen LogP contribution < -0.4 is 10.3 Å². The number of ether oxygens (including phenoxy) is 2. The number of halogens is 2. The van der Waals surface area contributed by atoms with E-state index in [4.69, 9.17) is 9.47 Å². The predicted molar refractivity (Wildman–Crippen MR) is 104 cm³/mol. The van der Waals surface area contributed by atoms with E-state index in [9.17, 15) is 13.6 Å². The molecule has 1 N–H and O–H groups in total. The molecule has 0 radical (unpaired) electrons. The molecular weight excluding hydrogens is 394 g/mol. The van der Waals surface area contributed by atoms with E-state index in [1.807, 2.05) is 4.40 Å². The SMILES string of the molecule is O=c1ccc(-c2cn3c4c(nc3cn2)CCOC4c2ccccc2OC(F)F)c[nH]1. The highest BCUT2D eigenvalue weighted by atomic mass is 19.3. The highest BCUT2D eigenvalue weighted by Crippen LogP contribution is 2.38. The first-order chi connectivity index (χ1) is 14.6. The minimum absolute atomic E-state index is 0.0650. The first kappa shape index (κ1) is 18.4. The topological polar surface area (TPSA) is 81.5 Å². The van der Waals surface area contributed by atoms with Crippen LogP contribution in [-0.2, 0) is 11.2 Å². The minimum atomic E-state index is -2.94. The summed E-state index contributed by atoms with van der Waals surface area (Å²) in [6, 6.07) is 9.70. The monoisotopic (exact) mass is 410 g/mol. The van der Waals surface area contributed by atoms with Gasteiger partial charge in [-0.05, 0) is 12.1 Å². The average Bonchev–Trinajstić information content (AvgIpc) is 3.12. The van der Waals surface area contributed by atoms with Gasteiger partial charge in [-0.25, -0.2) is 4.98 Å². The Morgan fingerprint density at radius 3 is 2.90 bits per heavy atom. The molecule has 152 valence electrons. The van der Waals surface area contributed by atoms with Gasteiger partial charge in [-0.3, -0.25) is 14.2 Å². The smallest absolute Gasteiger partial charge is 0.387 e. The third-order valence-corrected chi connectivity index (χ3v) is 4.99. The fourth-order valence-electron chi connectivity index (χ4n) is 3.69. The average molecular weight is 410 g/mol. The predicted octanol–water partition coefficient (Wildman–Crippen LogP) is 3.35. The van der Waals surface area contributed by atoms with E-state index in [1.165, 1.54) is 12.1 Å². The normalized spacial score (nSPS) is 16.0. The van der Waals surface area contributed by atoms with Crippen LogP contribution in [0.5, 0.6) is 5.75 Å². The Kier molecular flexibility index (Phi) is 4.51. The minimum Gasteiger partial charge on any atom is -0.434 e. The van der Waals surface area contributed by atoms with Crippen molar-refractivity contribution in [3.8, 4) is 17.0 Å². The van der Waals surface area contributed by atoms with Gasteiger partial charge in [0, 0.05) is 36.0 Å². The van der Waals surface area contributed by atoms with Crippen molar-refractivity contribution in [1.82, 2.24) is 19.4 Å². The molecule has 0 fully saturated rings. The molecule has 4 aromatic rings.